The molecule has 1 rings (SSSR count). The van der Waals surface area contributed by atoms with Crippen molar-refractivity contribution in [2.75, 3.05) is 5.73 Å². The van der Waals surface area contributed by atoms with Crippen molar-refractivity contribution >= 4 is 17.6 Å². The summed E-state index contributed by atoms with van der Waals surface area (Å²) in [4.78, 5) is 17.8. The van der Waals surface area contributed by atoms with Crippen LogP contribution in [0.1, 0.15) is 26.7 Å². The zero-order valence-electron chi connectivity index (χ0n) is 8.41. The van der Waals surface area contributed by atoms with Crippen LogP contribution in [0.15, 0.2) is 16.0 Å². The van der Waals surface area contributed by atoms with E-state index in [1.807, 2.05) is 0 Å². The van der Waals surface area contributed by atoms with Gasteiger partial charge in [-0.1, -0.05) is 32.0 Å². The van der Waals surface area contributed by atoms with E-state index >= 15 is 0 Å². The minimum absolute atomic E-state index is 0.191. The minimum Gasteiger partial charge on any atom is -0.383 e. The molecule has 78 valence electrons. The summed E-state index contributed by atoms with van der Waals surface area (Å²) in [5.41, 5.74) is 5.27. The number of rotatable bonds is 4. The molecule has 5 heteroatoms. The van der Waals surface area contributed by atoms with Crippen molar-refractivity contribution in [3.8, 4) is 0 Å². The largest absolute Gasteiger partial charge is 0.383 e. The smallest absolute Gasteiger partial charge is 0.253 e. The maximum Gasteiger partial charge on any atom is 0.253 e. The molecule has 0 radical (unpaired) electrons. The van der Waals surface area contributed by atoms with Crippen LogP contribution in [0.25, 0.3) is 0 Å². The molecule has 1 aromatic heterocycles. The highest BCUT2D eigenvalue weighted by Crippen LogP contribution is 2.21. The number of nitrogen functional groups attached to an aromatic ring is 1. The van der Waals surface area contributed by atoms with Crippen molar-refractivity contribution in [3.63, 3.8) is 0 Å². The number of hydrogen-bond acceptors (Lipinski definition) is 4. The van der Waals surface area contributed by atoms with Crippen LogP contribution >= 0.6 is 11.8 Å². The molecule has 0 aliphatic heterocycles. The van der Waals surface area contributed by atoms with E-state index in [9.17, 15) is 4.79 Å². The molecule has 1 heterocycles. The van der Waals surface area contributed by atoms with Crippen LogP contribution in [-0.4, -0.2) is 15.2 Å². The van der Waals surface area contributed by atoms with Gasteiger partial charge in [0.2, 0.25) is 0 Å². The van der Waals surface area contributed by atoms with Crippen molar-refractivity contribution in [2.45, 2.75) is 37.1 Å². The summed E-state index contributed by atoms with van der Waals surface area (Å²) in [6.45, 7) is 4.24. The van der Waals surface area contributed by atoms with Crippen molar-refractivity contribution in [1.29, 1.82) is 0 Å². The second kappa shape index (κ2) is 5.05. The summed E-state index contributed by atoms with van der Waals surface area (Å²) in [6, 6.07) is 1.29. The fraction of sp³-hybridized carbons (Fsp3) is 0.556. The topological polar surface area (TPSA) is 71.8 Å². The Morgan fingerprint density at radius 1 is 1.71 bits per heavy atom. The molecule has 1 unspecified atom stereocenters. The molecule has 14 heavy (non-hydrogen) atoms. The Kier molecular flexibility index (Phi) is 4.00. The molecule has 0 saturated carbocycles. The highest BCUT2D eigenvalue weighted by Gasteiger charge is 2.05. The normalized spacial score (nSPS) is 12.7. The Morgan fingerprint density at radius 2 is 2.43 bits per heavy atom. The van der Waals surface area contributed by atoms with Gasteiger partial charge in [0, 0.05) is 11.3 Å². The van der Waals surface area contributed by atoms with E-state index in [4.69, 9.17) is 5.73 Å². The van der Waals surface area contributed by atoms with E-state index in [1.165, 1.54) is 6.07 Å². The fourth-order valence-corrected chi connectivity index (χ4v) is 2.22. The van der Waals surface area contributed by atoms with E-state index in [2.05, 4.69) is 23.8 Å². The number of nitrogens with two attached hydrogens (primary N) is 1. The lowest BCUT2D eigenvalue weighted by Gasteiger charge is -2.08. The van der Waals surface area contributed by atoms with Crippen LogP contribution in [0, 0.1) is 0 Å². The van der Waals surface area contributed by atoms with Crippen molar-refractivity contribution in [3.05, 3.63) is 16.4 Å². The van der Waals surface area contributed by atoms with E-state index in [1.54, 1.807) is 11.8 Å². The van der Waals surface area contributed by atoms with Gasteiger partial charge in [0.25, 0.3) is 5.56 Å². The Balaban J connectivity index is 2.71. The third-order valence-electron chi connectivity index (χ3n) is 1.75. The molecule has 1 atom stereocenters. The summed E-state index contributed by atoms with van der Waals surface area (Å²) in [5.74, 6) is 0.278. The van der Waals surface area contributed by atoms with Crippen LogP contribution < -0.4 is 11.3 Å². The number of aromatic amines is 1. The molecular weight excluding hydrogens is 198 g/mol. The van der Waals surface area contributed by atoms with Crippen LogP contribution in [0.5, 0.6) is 0 Å². The Morgan fingerprint density at radius 3 is 3.00 bits per heavy atom. The van der Waals surface area contributed by atoms with Crippen LogP contribution in [0.2, 0.25) is 0 Å². The van der Waals surface area contributed by atoms with E-state index in [0.717, 1.165) is 12.8 Å². The minimum atomic E-state index is -0.191. The second-order valence-electron chi connectivity index (χ2n) is 3.19. The molecule has 0 saturated heterocycles. The lowest BCUT2D eigenvalue weighted by molar-refractivity contribution is 0.781. The number of anilines is 1. The maximum absolute atomic E-state index is 11.1. The van der Waals surface area contributed by atoms with E-state index in [0.29, 0.717) is 10.4 Å². The van der Waals surface area contributed by atoms with Crippen LogP contribution in [0.4, 0.5) is 5.82 Å². The molecule has 0 aliphatic carbocycles. The molecule has 0 spiro atoms. The lowest BCUT2D eigenvalue weighted by atomic mass is 10.3. The SMILES string of the molecule is CCCC(C)Sc1nc(N)cc(=O)[nH]1. The molecular formula is C9H15N3OS. The maximum atomic E-state index is 11.1. The Labute approximate surface area is 87.3 Å². The number of aromatic nitrogens is 2. The number of hydrogen-bond donors (Lipinski definition) is 2. The summed E-state index contributed by atoms with van der Waals surface area (Å²) in [7, 11) is 0. The predicted molar refractivity (Wildman–Crippen MR) is 59.5 cm³/mol. The number of nitrogens with one attached hydrogen (secondary N) is 1. The highest BCUT2D eigenvalue weighted by molar-refractivity contribution is 7.99. The third-order valence-corrected chi connectivity index (χ3v) is 2.80. The van der Waals surface area contributed by atoms with Gasteiger partial charge in [0.1, 0.15) is 5.82 Å². The van der Waals surface area contributed by atoms with Crippen molar-refractivity contribution in [2.24, 2.45) is 0 Å². The molecule has 0 aromatic carbocycles. The Hall–Kier alpha value is -0.970. The molecule has 0 amide bonds. The van der Waals surface area contributed by atoms with Gasteiger partial charge in [-0.25, -0.2) is 4.98 Å². The summed E-state index contributed by atoms with van der Waals surface area (Å²) in [5, 5.41) is 1.06. The van der Waals surface area contributed by atoms with Gasteiger partial charge >= 0.3 is 0 Å². The first-order valence-electron chi connectivity index (χ1n) is 4.65. The predicted octanol–water partition coefficient (Wildman–Crippen LogP) is 1.63. The quantitative estimate of drug-likeness (QED) is 0.589. The van der Waals surface area contributed by atoms with Gasteiger partial charge in [0.15, 0.2) is 5.16 Å². The molecule has 0 fully saturated rings. The molecule has 0 aliphatic rings. The van der Waals surface area contributed by atoms with Gasteiger partial charge in [0.05, 0.1) is 0 Å². The first-order chi connectivity index (χ1) is 6.61. The van der Waals surface area contributed by atoms with E-state index < -0.39 is 0 Å². The van der Waals surface area contributed by atoms with Gasteiger partial charge in [-0.3, -0.25) is 4.79 Å². The zero-order chi connectivity index (χ0) is 10.6. The number of H-pyrrole nitrogens is 1. The van der Waals surface area contributed by atoms with Crippen molar-refractivity contribution < 1.29 is 0 Å². The fourth-order valence-electron chi connectivity index (χ4n) is 1.17. The van der Waals surface area contributed by atoms with E-state index in [-0.39, 0.29) is 11.4 Å². The monoisotopic (exact) mass is 213 g/mol. The van der Waals surface area contributed by atoms with Gasteiger partial charge in [-0.2, -0.15) is 0 Å². The van der Waals surface area contributed by atoms with Crippen LogP contribution in [-0.2, 0) is 0 Å². The summed E-state index contributed by atoms with van der Waals surface area (Å²) in [6.07, 6.45) is 2.23. The average molecular weight is 213 g/mol. The van der Waals surface area contributed by atoms with Crippen LogP contribution in [0.3, 0.4) is 0 Å². The van der Waals surface area contributed by atoms with Crippen molar-refractivity contribution in [1.82, 2.24) is 9.97 Å². The Bertz CT molecular complexity index is 350. The average Bonchev–Trinajstić information content (AvgIpc) is 2.01. The molecule has 1 aromatic rings. The molecule has 3 N–H and O–H groups in total. The van der Waals surface area contributed by atoms with Gasteiger partial charge in [-0.15, -0.1) is 0 Å². The summed E-state index contributed by atoms with van der Waals surface area (Å²) >= 11 is 1.55. The zero-order valence-corrected chi connectivity index (χ0v) is 9.23. The van der Waals surface area contributed by atoms with Gasteiger partial charge in [-0.05, 0) is 6.42 Å². The molecule has 4 nitrogen and oxygen atoms in total. The van der Waals surface area contributed by atoms with Gasteiger partial charge < -0.3 is 10.7 Å². The number of nitrogens with zero attached hydrogens (tertiary/aromatic N) is 1. The molecule has 0 bridgehead atoms. The lowest BCUT2D eigenvalue weighted by Crippen LogP contribution is -2.10. The second-order valence-corrected chi connectivity index (χ2v) is 4.62. The highest BCUT2D eigenvalue weighted by atomic mass is 32.2. The first kappa shape index (κ1) is 11.1. The number of thioether (sulfide) groups is 1. The first-order valence-corrected chi connectivity index (χ1v) is 5.53. The standard InChI is InChI=1S/C9H15N3OS/c1-3-4-6(2)14-9-11-7(10)5-8(13)12-9/h5-6H,3-4H2,1-2H3,(H3,10,11,12,13). The third kappa shape index (κ3) is 3.41. The summed E-state index contributed by atoms with van der Waals surface area (Å²) < 4.78 is 0.